The standard InChI is InChI=1S/C22H21ClN2O3S/c1-16-8-13-19(23)14-21(16)24-22(26)18-11-9-17(10-12-18)15-25(2)29(27,28)20-6-4-3-5-7-20/h3-14H,15H2,1-2H3,(H,24,26). The van der Waals surface area contributed by atoms with E-state index in [4.69, 9.17) is 11.6 Å². The Morgan fingerprint density at radius 3 is 2.31 bits per heavy atom. The number of nitrogens with one attached hydrogen (secondary N) is 1. The molecule has 0 aliphatic heterocycles. The molecule has 3 aromatic rings. The number of anilines is 1. The van der Waals surface area contributed by atoms with Gasteiger partial charge in [0.05, 0.1) is 4.90 Å². The molecule has 3 rings (SSSR count). The fourth-order valence-corrected chi connectivity index (χ4v) is 4.15. The van der Waals surface area contributed by atoms with E-state index in [1.54, 1.807) is 66.7 Å². The van der Waals surface area contributed by atoms with Gasteiger partial charge in [0.15, 0.2) is 0 Å². The lowest BCUT2D eigenvalue weighted by molar-refractivity contribution is 0.102. The average Bonchev–Trinajstić information content (AvgIpc) is 2.71. The van der Waals surface area contributed by atoms with Crippen molar-refractivity contribution in [2.45, 2.75) is 18.4 Å². The number of nitrogens with zero attached hydrogens (tertiary/aromatic N) is 1. The van der Waals surface area contributed by atoms with Crippen LogP contribution in [-0.4, -0.2) is 25.7 Å². The molecule has 150 valence electrons. The van der Waals surface area contributed by atoms with Crippen LogP contribution in [0, 0.1) is 6.92 Å². The van der Waals surface area contributed by atoms with Gasteiger partial charge in [-0.2, -0.15) is 4.31 Å². The Morgan fingerprint density at radius 2 is 1.66 bits per heavy atom. The fraction of sp³-hybridized carbons (Fsp3) is 0.136. The van der Waals surface area contributed by atoms with Crippen molar-refractivity contribution < 1.29 is 13.2 Å². The molecule has 0 saturated heterocycles. The summed E-state index contributed by atoms with van der Waals surface area (Å²) in [6.45, 7) is 2.09. The molecule has 0 unspecified atom stereocenters. The van der Waals surface area contributed by atoms with E-state index >= 15 is 0 Å². The van der Waals surface area contributed by atoms with Crippen LogP contribution in [0.2, 0.25) is 5.02 Å². The third kappa shape index (κ3) is 5.03. The predicted molar refractivity (Wildman–Crippen MR) is 116 cm³/mol. The number of carbonyl (C=O) groups is 1. The number of halogens is 1. The Bertz CT molecular complexity index is 1110. The highest BCUT2D eigenvalue weighted by Crippen LogP contribution is 2.21. The molecule has 0 spiro atoms. The van der Waals surface area contributed by atoms with E-state index in [0.717, 1.165) is 11.1 Å². The first-order valence-corrected chi connectivity index (χ1v) is 10.8. The van der Waals surface area contributed by atoms with Crippen molar-refractivity contribution in [1.82, 2.24) is 4.31 Å². The van der Waals surface area contributed by atoms with Gasteiger partial charge in [0.1, 0.15) is 0 Å². The third-order valence-electron chi connectivity index (χ3n) is 4.52. The Hall–Kier alpha value is -2.67. The minimum atomic E-state index is -3.57. The summed E-state index contributed by atoms with van der Waals surface area (Å²) in [5.74, 6) is -0.257. The second kappa shape index (κ2) is 8.78. The summed E-state index contributed by atoms with van der Waals surface area (Å²) >= 11 is 5.99. The molecule has 7 heteroatoms. The molecule has 0 atom stereocenters. The van der Waals surface area contributed by atoms with Gasteiger partial charge >= 0.3 is 0 Å². The summed E-state index contributed by atoms with van der Waals surface area (Å²) in [6.07, 6.45) is 0. The number of hydrogen-bond donors (Lipinski definition) is 1. The van der Waals surface area contributed by atoms with Gasteiger partial charge in [0, 0.05) is 29.9 Å². The van der Waals surface area contributed by atoms with Crippen LogP contribution in [0.1, 0.15) is 21.5 Å². The number of hydrogen-bond acceptors (Lipinski definition) is 3. The van der Waals surface area contributed by atoms with Gasteiger partial charge in [-0.1, -0.05) is 48.0 Å². The molecule has 5 nitrogen and oxygen atoms in total. The minimum Gasteiger partial charge on any atom is -0.322 e. The molecule has 0 heterocycles. The molecule has 1 N–H and O–H groups in total. The van der Waals surface area contributed by atoms with Crippen LogP contribution < -0.4 is 5.32 Å². The minimum absolute atomic E-state index is 0.201. The summed E-state index contributed by atoms with van der Waals surface area (Å²) < 4.78 is 26.5. The SMILES string of the molecule is Cc1ccc(Cl)cc1NC(=O)c1ccc(CN(C)S(=O)(=O)c2ccccc2)cc1. The average molecular weight is 429 g/mol. The lowest BCUT2D eigenvalue weighted by Crippen LogP contribution is -2.26. The number of benzene rings is 3. The van der Waals surface area contributed by atoms with Gasteiger partial charge in [0.25, 0.3) is 5.91 Å². The summed E-state index contributed by atoms with van der Waals surface area (Å²) in [5, 5.41) is 3.39. The normalized spacial score (nSPS) is 11.4. The summed E-state index contributed by atoms with van der Waals surface area (Å²) in [4.78, 5) is 12.7. The van der Waals surface area contributed by atoms with Gasteiger partial charge in [-0.05, 0) is 54.4 Å². The number of aryl methyl sites for hydroxylation is 1. The molecule has 0 bridgehead atoms. The van der Waals surface area contributed by atoms with Crippen LogP contribution in [0.5, 0.6) is 0 Å². The number of rotatable bonds is 6. The van der Waals surface area contributed by atoms with Crippen LogP contribution in [0.25, 0.3) is 0 Å². The highest BCUT2D eigenvalue weighted by Gasteiger charge is 2.20. The lowest BCUT2D eigenvalue weighted by Gasteiger charge is -2.17. The van der Waals surface area contributed by atoms with Crippen molar-refractivity contribution in [2.24, 2.45) is 0 Å². The van der Waals surface area contributed by atoms with E-state index in [0.29, 0.717) is 16.3 Å². The zero-order chi connectivity index (χ0) is 21.0. The number of sulfonamides is 1. The number of carbonyl (C=O) groups excluding carboxylic acids is 1. The molecule has 29 heavy (non-hydrogen) atoms. The Labute approximate surface area is 176 Å². The Balaban J connectivity index is 1.70. The van der Waals surface area contributed by atoms with Crippen molar-refractivity contribution in [3.63, 3.8) is 0 Å². The predicted octanol–water partition coefficient (Wildman–Crippen LogP) is 4.72. The molecule has 0 fully saturated rings. The van der Waals surface area contributed by atoms with Crippen LogP contribution in [0.15, 0.2) is 77.7 Å². The second-order valence-electron chi connectivity index (χ2n) is 6.68. The van der Waals surface area contributed by atoms with E-state index in [2.05, 4.69) is 5.32 Å². The summed E-state index contributed by atoms with van der Waals surface area (Å²) in [6, 6.07) is 20.4. The van der Waals surface area contributed by atoms with Gasteiger partial charge in [-0.15, -0.1) is 0 Å². The first kappa shape index (κ1) is 21.0. The molecule has 3 aromatic carbocycles. The van der Waals surface area contributed by atoms with Crippen molar-refractivity contribution in [1.29, 1.82) is 0 Å². The van der Waals surface area contributed by atoms with Crippen LogP contribution >= 0.6 is 11.6 Å². The van der Waals surface area contributed by atoms with Crippen LogP contribution in [0.4, 0.5) is 5.69 Å². The molecule has 0 aliphatic rings. The van der Waals surface area contributed by atoms with Crippen LogP contribution in [-0.2, 0) is 16.6 Å². The second-order valence-corrected chi connectivity index (χ2v) is 9.17. The van der Waals surface area contributed by atoms with Crippen molar-refractivity contribution >= 4 is 33.2 Å². The first-order chi connectivity index (χ1) is 13.8. The van der Waals surface area contributed by atoms with Crippen LogP contribution in [0.3, 0.4) is 0 Å². The topological polar surface area (TPSA) is 66.5 Å². The van der Waals surface area contributed by atoms with E-state index in [-0.39, 0.29) is 17.3 Å². The molecule has 0 radical (unpaired) electrons. The molecule has 0 aliphatic carbocycles. The third-order valence-corrected chi connectivity index (χ3v) is 6.57. The molecule has 0 aromatic heterocycles. The van der Waals surface area contributed by atoms with Gasteiger partial charge in [-0.3, -0.25) is 4.79 Å². The van der Waals surface area contributed by atoms with Gasteiger partial charge in [0.2, 0.25) is 10.0 Å². The molecular formula is C22H21ClN2O3S. The molecule has 0 saturated carbocycles. The lowest BCUT2D eigenvalue weighted by atomic mass is 10.1. The summed E-state index contributed by atoms with van der Waals surface area (Å²) in [5.41, 5.74) is 2.82. The maximum atomic E-state index is 12.6. The molecule has 1 amide bonds. The monoisotopic (exact) mass is 428 g/mol. The summed E-state index contributed by atoms with van der Waals surface area (Å²) in [7, 11) is -2.04. The highest BCUT2D eigenvalue weighted by molar-refractivity contribution is 7.89. The highest BCUT2D eigenvalue weighted by atomic mass is 35.5. The number of amides is 1. The first-order valence-electron chi connectivity index (χ1n) is 8.95. The van der Waals surface area contributed by atoms with Crippen molar-refractivity contribution in [3.8, 4) is 0 Å². The maximum absolute atomic E-state index is 12.6. The van der Waals surface area contributed by atoms with Gasteiger partial charge < -0.3 is 5.32 Å². The van der Waals surface area contributed by atoms with E-state index in [9.17, 15) is 13.2 Å². The quantitative estimate of drug-likeness (QED) is 0.617. The van der Waals surface area contributed by atoms with Crippen molar-refractivity contribution in [3.05, 3.63) is 94.5 Å². The zero-order valence-electron chi connectivity index (χ0n) is 16.1. The van der Waals surface area contributed by atoms with E-state index in [1.807, 2.05) is 13.0 Å². The van der Waals surface area contributed by atoms with Crippen molar-refractivity contribution in [2.75, 3.05) is 12.4 Å². The maximum Gasteiger partial charge on any atom is 0.255 e. The zero-order valence-corrected chi connectivity index (χ0v) is 17.7. The molecular weight excluding hydrogens is 408 g/mol. The smallest absolute Gasteiger partial charge is 0.255 e. The van der Waals surface area contributed by atoms with Gasteiger partial charge in [-0.25, -0.2) is 8.42 Å². The van der Waals surface area contributed by atoms with E-state index < -0.39 is 10.0 Å². The van der Waals surface area contributed by atoms with E-state index in [1.165, 1.54) is 11.4 Å². The largest absolute Gasteiger partial charge is 0.322 e. The Morgan fingerprint density at radius 1 is 1.00 bits per heavy atom. The Kier molecular flexibility index (Phi) is 6.37. The fourth-order valence-electron chi connectivity index (χ4n) is 2.80.